The second-order valence-corrected chi connectivity index (χ2v) is 6.51. The van der Waals surface area contributed by atoms with E-state index < -0.39 is 30.2 Å². The topological polar surface area (TPSA) is 68.2 Å². The molecule has 3 rings (SSSR count). The molecule has 9 heteroatoms. The molecule has 0 radical (unpaired) electrons. The number of carboxylic acid groups (broad SMARTS) is 1. The molecular weight excluding hydrogens is 391 g/mol. The lowest BCUT2D eigenvalue weighted by molar-refractivity contribution is -0.274. The fourth-order valence-electron chi connectivity index (χ4n) is 3.36. The molecule has 1 N–H and O–H groups in total. The van der Waals surface area contributed by atoms with Gasteiger partial charge in [0.05, 0.1) is 18.8 Å². The summed E-state index contributed by atoms with van der Waals surface area (Å²) >= 11 is 0. The second-order valence-electron chi connectivity index (χ2n) is 6.51. The lowest BCUT2D eigenvalue weighted by Gasteiger charge is -2.41. The molecule has 0 amide bonds. The summed E-state index contributed by atoms with van der Waals surface area (Å²) in [6.45, 7) is 2.07. The third-order valence-electron chi connectivity index (χ3n) is 4.65. The molecule has 0 saturated heterocycles. The maximum Gasteiger partial charge on any atom is 0.573 e. The van der Waals surface area contributed by atoms with Crippen molar-refractivity contribution in [1.29, 1.82) is 0 Å². The average Bonchev–Trinajstić information content (AvgIpc) is 2.67. The van der Waals surface area contributed by atoms with Crippen LogP contribution in [0.4, 0.5) is 18.9 Å². The first-order valence-electron chi connectivity index (χ1n) is 8.90. The maximum atomic E-state index is 12.6. The van der Waals surface area contributed by atoms with E-state index in [-0.39, 0.29) is 12.3 Å². The van der Waals surface area contributed by atoms with E-state index in [1.165, 1.54) is 12.1 Å². The lowest BCUT2D eigenvalue weighted by atomic mass is 10.0. The molecule has 0 bridgehead atoms. The number of rotatable bonds is 6. The highest BCUT2D eigenvalue weighted by molar-refractivity contribution is 5.78. The number of hydrogen-bond donors (Lipinski definition) is 1. The van der Waals surface area contributed by atoms with Crippen molar-refractivity contribution in [2.24, 2.45) is 0 Å². The summed E-state index contributed by atoms with van der Waals surface area (Å²) in [5, 5.41) is 9.58. The monoisotopic (exact) mass is 411 g/mol. The summed E-state index contributed by atoms with van der Waals surface area (Å²) in [6, 6.07) is 10.2. The molecule has 2 unspecified atom stereocenters. The van der Waals surface area contributed by atoms with Crippen LogP contribution in [0.1, 0.15) is 18.9 Å². The SMILES string of the molecule is CCC1C(C(=O)O)Oc2ccc(OC(F)(F)F)cc2N1Cc1ccc(OC)cc1. The van der Waals surface area contributed by atoms with E-state index in [0.29, 0.717) is 17.9 Å². The van der Waals surface area contributed by atoms with E-state index in [9.17, 15) is 23.1 Å². The molecule has 2 aromatic rings. The number of carbonyl (C=O) groups is 1. The van der Waals surface area contributed by atoms with Crippen molar-refractivity contribution in [3.63, 3.8) is 0 Å². The molecule has 0 fully saturated rings. The van der Waals surface area contributed by atoms with Gasteiger partial charge in [0.2, 0.25) is 6.10 Å². The highest BCUT2D eigenvalue weighted by Crippen LogP contribution is 2.41. The van der Waals surface area contributed by atoms with Gasteiger partial charge in [-0.25, -0.2) is 4.79 Å². The number of aliphatic carboxylic acids is 1. The van der Waals surface area contributed by atoms with Gasteiger partial charge < -0.3 is 24.2 Å². The fourth-order valence-corrected chi connectivity index (χ4v) is 3.36. The van der Waals surface area contributed by atoms with Gasteiger partial charge in [0.15, 0.2) is 0 Å². The number of alkyl halides is 3. The quantitative estimate of drug-likeness (QED) is 0.768. The van der Waals surface area contributed by atoms with Crippen molar-refractivity contribution < 1.29 is 37.3 Å². The molecule has 0 aliphatic carbocycles. The van der Waals surface area contributed by atoms with E-state index in [1.54, 1.807) is 31.1 Å². The third kappa shape index (κ3) is 4.67. The highest BCUT2D eigenvalue weighted by Gasteiger charge is 2.40. The predicted molar refractivity (Wildman–Crippen MR) is 98.4 cm³/mol. The van der Waals surface area contributed by atoms with Crippen molar-refractivity contribution in [2.45, 2.75) is 38.4 Å². The number of fused-ring (bicyclic) bond motifs is 1. The minimum Gasteiger partial charge on any atom is -0.497 e. The summed E-state index contributed by atoms with van der Waals surface area (Å²) in [4.78, 5) is 13.5. The number of carboxylic acids is 1. The zero-order valence-corrected chi connectivity index (χ0v) is 15.8. The van der Waals surface area contributed by atoms with Crippen LogP contribution < -0.4 is 19.1 Å². The zero-order chi connectivity index (χ0) is 21.2. The number of anilines is 1. The van der Waals surface area contributed by atoms with Crippen molar-refractivity contribution in [1.82, 2.24) is 0 Å². The van der Waals surface area contributed by atoms with Gasteiger partial charge in [0, 0.05) is 12.6 Å². The van der Waals surface area contributed by atoms with Crippen LogP contribution in [-0.2, 0) is 11.3 Å². The molecule has 0 saturated carbocycles. The van der Waals surface area contributed by atoms with Crippen molar-refractivity contribution in [2.75, 3.05) is 12.0 Å². The van der Waals surface area contributed by atoms with E-state index in [4.69, 9.17) is 9.47 Å². The lowest BCUT2D eigenvalue weighted by Crippen LogP contribution is -2.52. The van der Waals surface area contributed by atoms with Crippen molar-refractivity contribution in [3.8, 4) is 17.2 Å². The number of nitrogens with zero attached hydrogens (tertiary/aromatic N) is 1. The van der Waals surface area contributed by atoms with E-state index in [0.717, 1.165) is 11.6 Å². The smallest absolute Gasteiger partial charge is 0.497 e. The van der Waals surface area contributed by atoms with Crippen LogP contribution >= 0.6 is 0 Å². The van der Waals surface area contributed by atoms with E-state index in [2.05, 4.69) is 4.74 Å². The Hall–Kier alpha value is -3.10. The Kier molecular flexibility index (Phi) is 5.76. The summed E-state index contributed by atoms with van der Waals surface area (Å²) in [5.41, 5.74) is 1.18. The van der Waals surface area contributed by atoms with Crippen LogP contribution in [0.2, 0.25) is 0 Å². The third-order valence-corrected chi connectivity index (χ3v) is 4.65. The van der Waals surface area contributed by atoms with Gasteiger partial charge in [-0.2, -0.15) is 0 Å². The predicted octanol–water partition coefficient (Wildman–Crippen LogP) is 4.22. The Balaban J connectivity index is 2.01. The molecule has 1 heterocycles. The molecule has 2 atom stereocenters. The molecule has 156 valence electrons. The summed E-state index contributed by atoms with van der Waals surface area (Å²) < 4.78 is 52.7. The van der Waals surface area contributed by atoms with Crippen LogP contribution in [0.3, 0.4) is 0 Å². The van der Waals surface area contributed by atoms with Gasteiger partial charge in [-0.1, -0.05) is 19.1 Å². The van der Waals surface area contributed by atoms with Gasteiger partial charge in [-0.05, 0) is 36.2 Å². The minimum atomic E-state index is -4.83. The molecule has 6 nitrogen and oxygen atoms in total. The Morgan fingerprint density at radius 3 is 2.38 bits per heavy atom. The average molecular weight is 411 g/mol. The van der Waals surface area contributed by atoms with Gasteiger partial charge in [-0.15, -0.1) is 13.2 Å². The molecule has 1 aliphatic heterocycles. The van der Waals surface area contributed by atoms with Gasteiger partial charge in [-0.3, -0.25) is 0 Å². The van der Waals surface area contributed by atoms with Gasteiger partial charge in [0.25, 0.3) is 0 Å². The van der Waals surface area contributed by atoms with Gasteiger partial charge >= 0.3 is 12.3 Å². The standard InChI is InChI=1S/C20H20F3NO5/c1-3-15-18(19(25)26)28-17-9-8-14(29-20(21,22)23)10-16(17)24(15)11-12-4-6-13(27-2)7-5-12/h4-10,15,18H,3,11H2,1-2H3,(H,25,26). The van der Waals surface area contributed by atoms with Crippen LogP contribution in [-0.4, -0.2) is 36.7 Å². The van der Waals surface area contributed by atoms with Crippen LogP contribution in [0, 0.1) is 0 Å². The zero-order valence-electron chi connectivity index (χ0n) is 15.8. The number of halogens is 3. The van der Waals surface area contributed by atoms with E-state index in [1.807, 2.05) is 12.1 Å². The molecule has 29 heavy (non-hydrogen) atoms. The largest absolute Gasteiger partial charge is 0.573 e. The number of ether oxygens (including phenoxy) is 3. The Bertz CT molecular complexity index is 869. The number of benzene rings is 2. The van der Waals surface area contributed by atoms with Crippen LogP contribution in [0.5, 0.6) is 17.2 Å². The second kappa shape index (κ2) is 8.10. The van der Waals surface area contributed by atoms with E-state index >= 15 is 0 Å². The van der Waals surface area contributed by atoms with Gasteiger partial charge in [0.1, 0.15) is 17.2 Å². The Morgan fingerprint density at radius 2 is 1.83 bits per heavy atom. The summed E-state index contributed by atoms with van der Waals surface area (Å²) in [6.07, 6.45) is -5.57. The highest BCUT2D eigenvalue weighted by atomic mass is 19.4. The van der Waals surface area contributed by atoms with Crippen LogP contribution in [0.15, 0.2) is 42.5 Å². The molecule has 0 aromatic heterocycles. The Labute approximate surface area is 165 Å². The fraction of sp³-hybridized carbons (Fsp3) is 0.350. The minimum absolute atomic E-state index is 0.185. The Morgan fingerprint density at radius 1 is 1.17 bits per heavy atom. The summed E-state index contributed by atoms with van der Waals surface area (Å²) in [5.74, 6) is -0.696. The van der Waals surface area contributed by atoms with Crippen molar-refractivity contribution >= 4 is 11.7 Å². The molecule has 1 aliphatic rings. The van der Waals surface area contributed by atoms with Crippen LogP contribution in [0.25, 0.3) is 0 Å². The first kappa shape index (κ1) is 20.6. The van der Waals surface area contributed by atoms with Crippen molar-refractivity contribution in [3.05, 3.63) is 48.0 Å². The maximum absolute atomic E-state index is 12.6. The molecule has 2 aromatic carbocycles. The number of hydrogen-bond acceptors (Lipinski definition) is 5. The molecular formula is C20H20F3NO5. The number of methoxy groups -OCH3 is 1. The first-order valence-corrected chi connectivity index (χ1v) is 8.90. The molecule has 0 spiro atoms. The first-order chi connectivity index (χ1) is 13.7. The summed E-state index contributed by atoms with van der Waals surface area (Å²) in [7, 11) is 1.54. The normalized spacial score (nSPS) is 18.6.